The molecule has 1 unspecified atom stereocenters. The normalized spacial score (nSPS) is 18.2. The smallest absolute Gasteiger partial charge is 0.284 e. The largest absolute Gasteiger partial charge is 0.320 e. The number of aryl methyl sites for hydroxylation is 1. The van der Waals surface area contributed by atoms with Gasteiger partial charge in [-0.2, -0.15) is 0 Å². The van der Waals surface area contributed by atoms with E-state index in [0.29, 0.717) is 16.4 Å². The topological polar surface area (TPSA) is 83.8 Å². The van der Waals surface area contributed by atoms with Gasteiger partial charge >= 0.3 is 0 Å². The number of amides is 2. The van der Waals surface area contributed by atoms with Crippen molar-refractivity contribution < 1.29 is 9.59 Å². The van der Waals surface area contributed by atoms with Crippen LogP contribution in [0, 0.1) is 12.8 Å². The molecule has 1 N–H and O–H groups in total. The first-order valence-electron chi connectivity index (χ1n) is 8.00. The van der Waals surface area contributed by atoms with E-state index in [-0.39, 0.29) is 17.7 Å². The van der Waals surface area contributed by atoms with Crippen molar-refractivity contribution in [2.45, 2.75) is 6.92 Å². The van der Waals surface area contributed by atoms with Crippen molar-refractivity contribution in [1.29, 1.82) is 0 Å². The number of nitrogens with one attached hydrogen (secondary N) is 1. The SMILES string of the molecule is Cc1csc(C(=O)Nc2ccc(C3=C4C=CC=CC4C(=O)N=N3)cc2)n1. The van der Waals surface area contributed by atoms with Crippen LogP contribution >= 0.6 is 11.3 Å². The molecule has 0 saturated heterocycles. The molecule has 2 amide bonds. The zero-order valence-electron chi connectivity index (χ0n) is 13.8. The lowest BCUT2D eigenvalue weighted by atomic mass is 9.89. The van der Waals surface area contributed by atoms with Crippen LogP contribution in [0.3, 0.4) is 0 Å². The molecule has 1 aliphatic heterocycles. The highest BCUT2D eigenvalue weighted by Gasteiger charge is 2.27. The highest BCUT2D eigenvalue weighted by molar-refractivity contribution is 7.11. The summed E-state index contributed by atoms with van der Waals surface area (Å²) >= 11 is 1.31. The maximum atomic E-state index is 12.2. The first-order chi connectivity index (χ1) is 12.6. The molecular formula is C19H14N4O2S. The number of hydrogen-bond acceptors (Lipinski definition) is 5. The Kier molecular flexibility index (Phi) is 4.14. The molecule has 2 aromatic rings. The van der Waals surface area contributed by atoms with Crippen molar-refractivity contribution in [3.8, 4) is 0 Å². The van der Waals surface area contributed by atoms with Crippen LogP contribution < -0.4 is 5.32 Å². The zero-order valence-corrected chi connectivity index (χ0v) is 14.7. The molecule has 1 aliphatic carbocycles. The third-order valence-electron chi connectivity index (χ3n) is 4.04. The van der Waals surface area contributed by atoms with Gasteiger partial charge in [0, 0.05) is 22.3 Å². The first-order valence-corrected chi connectivity index (χ1v) is 8.88. The summed E-state index contributed by atoms with van der Waals surface area (Å²) in [5.74, 6) is -0.867. The Morgan fingerprint density at radius 2 is 1.96 bits per heavy atom. The van der Waals surface area contributed by atoms with Gasteiger partial charge in [0.25, 0.3) is 11.8 Å². The lowest BCUT2D eigenvalue weighted by Crippen LogP contribution is -2.17. The van der Waals surface area contributed by atoms with Gasteiger partial charge in [0.1, 0.15) is 0 Å². The number of azo groups is 1. The molecule has 128 valence electrons. The Morgan fingerprint density at radius 1 is 1.15 bits per heavy atom. The monoisotopic (exact) mass is 362 g/mol. The lowest BCUT2D eigenvalue weighted by molar-refractivity contribution is -0.119. The lowest BCUT2D eigenvalue weighted by Gasteiger charge is -2.19. The van der Waals surface area contributed by atoms with Crippen LogP contribution in [0.5, 0.6) is 0 Å². The number of nitrogens with zero attached hydrogens (tertiary/aromatic N) is 3. The molecule has 2 aliphatic rings. The van der Waals surface area contributed by atoms with E-state index in [1.54, 1.807) is 12.1 Å². The minimum Gasteiger partial charge on any atom is -0.320 e. The predicted molar refractivity (Wildman–Crippen MR) is 99.8 cm³/mol. The van der Waals surface area contributed by atoms with Gasteiger partial charge in [0.15, 0.2) is 5.01 Å². The molecule has 1 atom stereocenters. The zero-order chi connectivity index (χ0) is 18.1. The summed E-state index contributed by atoms with van der Waals surface area (Å²) in [6.45, 7) is 1.85. The van der Waals surface area contributed by atoms with Gasteiger partial charge in [-0.05, 0) is 24.6 Å². The summed E-state index contributed by atoms with van der Waals surface area (Å²) < 4.78 is 0. The van der Waals surface area contributed by atoms with Crippen molar-refractivity contribution in [3.05, 3.63) is 75.8 Å². The van der Waals surface area contributed by atoms with Gasteiger partial charge in [0.2, 0.25) is 0 Å². The van der Waals surface area contributed by atoms with Crippen LogP contribution in [-0.2, 0) is 4.79 Å². The molecule has 0 bridgehead atoms. The second-order valence-corrected chi connectivity index (χ2v) is 6.75. The van der Waals surface area contributed by atoms with Gasteiger partial charge < -0.3 is 5.32 Å². The molecule has 0 saturated carbocycles. The van der Waals surface area contributed by atoms with Crippen LogP contribution in [0.4, 0.5) is 5.69 Å². The molecule has 0 fully saturated rings. The number of benzene rings is 1. The summed E-state index contributed by atoms with van der Waals surface area (Å²) in [5.41, 5.74) is 3.83. The van der Waals surface area contributed by atoms with E-state index in [2.05, 4.69) is 20.5 Å². The van der Waals surface area contributed by atoms with Gasteiger partial charge in [-0.15, -0.1) is 21.6 Å². The van der Waals surface area contributed by atoms with E-state index in [0.717, 1.165) is 16.8 Å². The molecule has 6 nitrogen and oxygen atoms in total. The standard InChI is InChI=1S/C19H14N4O2S/c1-11-10-26-19(20-11)18(25)21-13-8-6-12(7-9-13)16-14-4-2-3-5-15(14)17(24)23-22-16/h2-10,15H,1H3,(H,21,25). The van der Waals surface area contributed by atoms with Crippen molar-refractivity contribution in [2.24, 2.45) is 16.1 Å². The fourth-order valence-corrected chi connectivity index (χ4v) is 3.47. The molecule has 0 spiro atoms. The summed E-state index contributed by atoms with van der Waals surface area (Å²) in [6.07, 6.45) is 7.42. The molecular weight excluding hydrogens is 348 g/mol. The molecule has 2 heterocycles. The number of fused-ring (bicyclic) bond motifs is 1. The van der Waals surface area contributed by atoms with Gasteiger partial charge in [-0.3, -0.25) is 9.59 Å². The maximum absolute atomic E-state index is 12.2. The highest BCUT2D eigenvalue weighted by Crippen LogP contribution is 2.34. The Morgan fingerprint density at radius 3 is 2.69 bits per heavy atom. The molecule has 7 heteroatoms. The number of rotatable bonds is 3. The van der Waals surface area contributed by atoms with E-state index >= 15 is 0 Å². The third kappa shape index (κ3) is 3.04. The average molecular weight is 362 g/mol. The Hall–Kier alpha value is -3.19. The van der Waals surface area contributed by atoms with Crippen molar-refractivity contribution in [2.75, 3.05) is 5.32 Å². The summed E-state index contributed by atoms with van der Waals surface area (Å²) in [6, 6.07) is 7.29. The Bertz CT molecular complexity index is 1010. The summed E-state index contributed by atoms with van der Waals surface area (Å²) in [4.78, 5) is 28.2. The number of aromatic nitrogens is 1. The second kappa shape index (κ2) is 6.61. The Balaban J connectivity index is 1.57. The fourth-order valence-electron chi connectivity index (χ4n) is 2.78. The third-order valence-corrected chi connectivity index (χ3v) is 5.00. The van der Waals surface area contributed by atoms with Crippen LogP contribution in [0.2, 0.25) is 0 Å². The van der Waals surface area contributed by atoms with Crippen molar-refractivity contribution in [1.82, 2.24) is 4.98 Å². The maximum Gasteiger partial charge on any atom is 0.284 e. The molecule has 1 aromatic heterocycles. The second-order valence-electron chi connectivity index (χ2n) is 5.89. The van der Waals surface area contributed by atoms with Crippen LogP contribution in [0.15, 0.2) is 69.8 Å². The fraction of sp³-hybridized carbons (Fsp3) is 0.105. The van der Waals surface area contributed by atoms with Gasteiger partial charge in [-0.25, -0.2) is 4.98 Å². The van der Waals surface area contributed by atoms with E-state index in [9.17, 15) is 9.59 Å². The van der Waals surface area contributed by atoms with Gasteiger partial charge in [0.05, 0.1) is 11.6 Å². The number of carbonyl (C=O) groups excluding carboxylic acids is 2. The number of hydrogen-bond donors (Lipinski definition) is 1. The van der Waals surface area contributed by atoms with Crippen LogP contribution in [0.1, 0.15) is 21.1 Å². The minimum absolute atomic E-state index is 0.235. The molecule has 1 aromatic carbocycles. The molecule has 0 radical (unpaired) electrons. The molecule has 4 rings (SSSR count). The van der Waals surface area contributed by atoms with Crippen LogP contribution in [0.25, 0.3) is 5.70 Å². The number of carbonyl (C=O) groups is 2. The average Bonchev–Trinajstić information content (AvgIpc) is 3.10. The van der Waals surface area contributed by atoms with E-state index in [4.69, 9.17) is 0 Å². The number of anilines is 1. The van der Waals surface area contributed by atoms with Gasteiger partial charge in [-0.1, -0.05) is 36.4 Å². The van der Waals surface area contributed by atoms with Crippen molar-refractivity contribution >= 4 is 34.5 Å². The quantitative estimate of drug-likeness (QED) is 0.890. The highest BCUT2D eigenvalue weighted by atomic mass is 32.1. The van der Waals surface area contributed by atoms with Crippen molar-refractivity contribution in [3.63, 3.8) is 0 Å². The van der Waals surface area contributed by atoms with E-state index < -0.39 is 0 Å². The van der Waals surface area contributed by atoms with E-state index in [1.165, 1.54) is 11.3 Å². The summed E-state index contributed by atoms with van der Waals surface area (Å²) in [7, 11) is 0. The van der Waals surface area contributed by atoms with E-state index in [1.807, 2.05) is 48.7 Å². The first kappa shape index (κ1) is 16.3. The molecule has 26 heavy (non-hydrogen) atoms. The summed E-state index contributed by atoms with van der Waals surface area (Å²) in [5, 5.41) is 12.9. The Labute approximate surface area is 153 Å². The minimum atomic E-state index is -0.375. The number of thiazole rings is 1. The van der Waals surface area contributed by atoms with Crippen LogP contribution in [-0.4, -0.2) is 16.8 Å². The predicted octanol–water partition coefficient (Wildman–Crippen LogP) is 4.15. The number of allylic oxidation sites excluding steroid dienone is 3.